The summed E-state index contributed by atoms with van der Waals surface area (Å²) < 4.78 is 0. The molecule has 1 N–H and O–H groups in total. The van der Waals surface area contributed by atoms with Crippen molar-refractivity contribution < 1.29 is 4.79 Å². The van der Waals surface area contributed by atoms with Crippen molar-refractivity contribution in [2.24, 2.45) is 11.8 Å². The fourth-order valence-corrected chi connectivity index (χ4v) is 3.02. The Hall–Kier alpha value is -0.900. The molecule has 0 saturated heterocycles. The number of nitrogens with zero attached hydrogens (tertiary/aromatic N) is 1. The van der Waals surface area contributed by atoms with Crippen molar-refractivity contribution in [1.29, 1.82) is 0 Å². The van der Waals surface area contributed by atoms with Gasteiger partial charge in [-0.1, -0.05) is 20.8 Å². The number of carbonyl (C=O) groups is 1. The summed E-state index contributed by atoms with van der Waals surface area (Å²) in [5.41, 5.74) is 1.20. The number of nitrogens with one attached hydrogen (secondary N) is 1. The molecule has 0 bridgehead atoms. The van der Waals surface area contributed by atoms with E-state index in [-0.39, 0.29) is 11.8 Å². The highest BCUT2D eigenvalue weighted by Crippen LogP contribution is 2.32. The number of amides is 1. The second kappa shape index (κ2) is 4.53. The predicted molar refractivity (Wildman–Crippen MR) is 66.8 cm³/mol. The molecule has 1 aromatic heterocycles. The molecule has 1 aromatic rings. The standard InChI is InChI=1S/C12H18N2OS/c1-7(2)11(15)14-12-13-9-5-4-8(3)6-10(9)16-12/h7-8H,4-6H2,1-3H3,(H,13,14,15)/t8-/m1/s1. The number of hydrogen-bond donors (Lipinski definition) is 1. The molecule has 0 unspecified atom stereocenters. The summed E-state index contributed by atoms with van der Waals surface area (Å²) in [6, 6.07) is 0. The average molecular weight is 238 g/mol. The van der Waals surface area contributed by atoms with Crippen LogP contribution in [-0.4, -0.2) is 10.9 Å². The fourth-order valence-electron chi connectivity index (χ4n) is 1.84. The Labute approximate surface area is 100 Å². The van der Waals surface area contributed by atoms with Crippen LogP contribution in [0.25, 0.3) is 0 Å². The van der Waals surface area contributed by atoms with Gasteiger partial charge in [-0.15, -0.1) is 11.3 Å². The number of fused-ring (bicyclic) bond motifs is 1. The molecule has 0 radical (unpaired) electrons. The second-order valence-electron chi connectivity index (χ2n) is 4.88. The first-order valence-corrected chi connectivity index (χ1v) is 6.67. The quantitative estimate of drug-likeness (QED) is 0.860. The topological polar surface area (TPSA) is 42.0 Å². The molecule has 4 heteroatoms. The van der Waals surface area contributed by atoms with Gasteiger partial charge in [-0.05, 0) is 25.2 Å². The zero-order valence-corrected chi connectivity index (χ0v) is 10.9. The summed E-state index contributed by atoms with van der Waals surface area (Å²) in [6.07, 6.45) is 3.39. The molecule has 2 rings (SSSR count). The minimum absolute atomic E-state index is 0.0138. The zero-order valence-electron chi connectivity index (χ0n) is 10.0. The Balaban J connectivity index is 2.10. The summed E-state index contributed by atoms with van der Waals surface area (Å²) >= 11 is 1.64. The SMILES string of the molecule is CC(C)C(=O)Nc1nc2c(s1)C[C@H](C)CC2. The number of carbonyl (C=O) groups excluding carboxylic acids is 1. The minimum atomic E-state index is 0.0138. The van der Waals surface area contributed by atoms with Crippen molar-refractivity contribution in [3.63, 3.8) is 0 Å². The van der Waals surface area contributed by atoms with Crippen LogP contribution in [0.4, 0.5) is 5.13 Å². The van der Waals surface area contributed by atoms with Gasteiger partial charge in [-0.3, -0.25) is 4.79 Å². The van der Waals surface area contributed by atoms with Crippen LogP contribution >= 0.6 is 11.3 Å². The largest absolute Gasteiger partial charge is 0.302 e. The average Bonchev–Trinajstić information content (AvgIpc) is 2.58. The van der Waals surface area contributed by atoms with E-state index < -0.39 is 0 Å². The fraction of sp³-hybridized carbons (Fsp3) is 0.667. The first-order chi connectivity index (χ1) is 7.56. The van der Waals surface area contributed by atoms with Crippen LogP contribution in [0, 0.1) is 11.8 Å². The van der Waals surface area contributed by atoms with E-state index in [1.807, 2.05) is 13.8 Å². The van der Waals surface area contributed by atoms with Crippen LogP contribution in [0.5, 0.6) is 0 Å². The third-order valence-electron chi connectivity index (χ3n) is 2.94. The Morgan fingerprint density at radius 2 is 2.31 bits per heavy atom. The van der Waals surface area contributed by atoms with Gasteiger partial charge >= 0.3 is 0 Å². The van der Waals surface area contributed by atoms with Crippen LogP contribution in [0.1, 0.15) is 37.8 Å². The number of rotatable bonds is 2. The van der Waals surface area contributed by atoms with Gasteiger partial charge in [0.25, 0.3) is 0 Å². The molecule has 1 aliphatic rings. The number of thiazole rings is 1. The highest BCUT2D eigenvalue weighted by molar-refractivity contribution is 7.15. The lowest BCUT2D eigenvalue weighted by Gasteiger charge is -2.15. The molecule has 0 fully saturated rings. The zero-order chi connectivity index (χ0) is 11.7. The molecule has 0 aliphatic heterocycles. The predicted octanol–water partition coefficient (Wildman–Crippen LogP) is 2.86. The van der Waals surface area contributed by atoms with Crippen LogP contribution in [0.15, 0.2) is 0 Å². The first-order valence-electron chi connectivity index (χ1n) is 5.85. The van der Waals surface area contributed by atoms with Crippen LogP contribution in [-0.2, 0) is 17.6 Å². The lowest BCUT2D eigenvalue weighted by atomic mass is 9.93. The third kappa shape index (κ3) is 2.43. The molecule has 16 heavy (non-hydrogen) atoms. The first kappa shape index (κ1) is 11.6. The molecule has 0 saturated carbocycles. The maximum Gasteiger partial charge on any atom is 0.228 e. The van der Waals surface area contributed by atoms with Gasteiger partial charge in [-0.25, -0.2) is 4.98 Å². The Morgan fingerprint density at radius 3 is 3.00 bits per heavy atom. The summed E-state index contributed by atoms with van der Waals surface area (Å²) in [6.45, 7) is 6.06. The molecule has 1 heterocycles. The molecule has 1 aliphatic carbocycles. The van der Waals surface area contributed by atoms with Gasteiger partial charge in [0.2, 0.25) is 5.91 Å². The van der Waals surface area contributed by atoms with Crippen molar-refractivity contribution in [2.75, 3.05) is 5.32 Å². The van der Waals surface area contributed by atoms with Gasteiger partial charge in [0.1, 0.15) is 0 Å². The van der Waals surface area contributed by atoms with Gasteiger partial charge in [-0.2, -0.15) is 0 Å². The summed E-state index contributed by atoms with van der Waals surface area (Å²) in [5, 5.41) is 3.66. The molecule has 1 atom stereocenters. The van der Waals surface area contributed by atoms with E-state index in [9.17, 15) is 4.79 Å². The summed E-state index contributed by atoms with van der Waals surface area (Å²) in [7, 11) is 0. The summed E-state index contributed by atoms with van der Waals surface area (Å²) in [5.74, 6) is 0.820. The Bertz CT molecular complexity index is 398. The van der Waals surface area contributed by atoms with E-state index in [1.165, 1.54) is 17.0 Å². The lowest BCUT2D eigenvalue weighted by Crippen LogP contribution is -2.17. The van der Waals surface area contributed by atoms with Gasteiger partial charge < -0.3 is 5.32 Å². The van der Waals surface area contributed by atoms with Gasteiger partial charge in [0.05, 0.1) is 5.69 Å². The van der Waals surface area contributed by atoms with E-state index in [0.29, 0.717) is 0 Å². The smallest absolute Gasteiger partial charge is 0.228 e. The lowest BCUT2D eigenvalue weighted by molar-refractivity contribution is -0.118. The van der Waals surface area contributed by atoms with Gasteiger partial charge in [0.15, 0.2) is 5.13 Å². The molecule has 1 amide bonds. The van der Waals surface area contributed by atoms with E-state index in [4.69, 9.17) is 0 Å². The van der Waals surface area contributed by atoms with Crippen molar-refractivity contribution in [3.05, 3.63) is 10.6 Å². The Kier molecular flexibility index (Phi) is 3.28. The molecule has 0 aromatic carbocycles. The van der Waals surface area contributed by atoms with Crippen molar-refractivity contribution in [2.45, 2.75) is 40.0 Å². The van der Waals surface area contributed by atoms with Crippen LogP contribution in [0.3, 0.4) is 0 Å². The monoisotopic (exact) mass is 238 g/mol. The van der Waals surface area contributed by atoms with Crippen LogP contribution in [0.2, 0.25) is 0 Å². The minimum Gasteiger partial charge on any atom is -0.302 e. The number of anilines is 1. The molecule has 3 nitrogen and oxygen atoms in total. The Morgan fingerprint density at radius 1 is 1.56 bits per heavy atom. The van der Waals surface area contributed by atoms with E-state index in [2.05, 4.69) is 17.2 Å². The van der Waals surface area contributed by atoms with Crippen molar-refractivity contribution >= 4 is 22.4 Å². The molecular formula is C12H18N2OS. The maximum atomic E-state index is 11.5. The van der Waals surface area contributed by atoms with Crippen molar-refractivity contribution in [3.8, 4) is 0 Å². The van der Waals surface area contributed by atoms with Gasteiger partial charge in [0, 0.05) is 10.8 Å². The summed E-state index contributed by atoms with van der Waals surface area (Å²) in [4.78, 5) is 17.4. The number of hydrogen-bond acceptors (Lipinski definition) is 3. The molecular weight excluding hydrogens is 220 g/mol. The van der Waals surface area contributed by atoms with E-state index >= 15 is 0 Å². The number of aryl methyl sites for hydroxylation is 1. The van der Waals surface area contributed by atoms with E-state index in [0.717, 1.165) is 23.9 Å². The van der Waals surface area contributed by atoms with E-state index in [1.54, 1.807) is 11.3 Å². The number of aromatic nitrogens is 1. The van der Waals surface area contributed by atoms with Crippen LogP contribution < -0.4 is 5.32 Å². The normalized spacial score (nSPS) is 19.6. The second-order valence-corrected chi connectivity index (χ2v) is 5.96. The third-order valence-corrected chi connectivity index (χ3v) is 3.98. The highest BCUT2D eigenvalue weighted by atomic mass is 32.1. The molecule has 88 valence electrons. The van der Waals surface area contributed by atoms with Crippen molar-refractivity contribution in [1.82, 2.24) is 4.98 Å². The highest BCUT2D eigenvalue weighted by Gasteiger charge is 2.20. The molecule has 0 spiro atoms. The maximum absolute atomic E-state index is 11.5.